The van der Waals surface area contributed by atoms with Crippen LogP contribution in [-0.4, -0.2) is 24.2 Å². The zero-order valence-electron chi connectivity index (χ0n) is 12.7. The van der Waals surface area contributed by atoms with Crippen LogP contribution in [0.4, 0.5) is 8.78 Å². The van der Waals surface area contributed by atoms with E-state index < -0.39 is 6.17 Å². The summed E-state index contributed by atoms with van der Waals surface area (Å²) in [7, 11) is 0. The average Bonchev–Trinajstić information content (AvgIpc) is 2.94. The highest BCUT2D eigenvalue weighted by Crippen LogP contribution is 2.39. The van der Waals surface area contributed by atoms with Crippen LogP contribution in [0.25, 0.3) is 22.2 Å². The molecule has 0 radical (unpaired) electrons. The molecule has 0 amide bonds. The van der Waals surface area contributed by atoms with E-state index >= 15 is 0 Å². The molecule has 0 aliphatic carbocycles. The molecule has 2 aromatic carbocycles. The Labute approximate surface area is 133 Å². The van der Waals surface area contributed by atoms with Crippen molar-refractivity contribution < 1.29 is 8.78 Å². The number of rotatable bonds is 2. The fraction of sp³-hybridized carbons (Fsp3) is 0.263. The molecule has 2 N–H and O–H groups in total. The predicted octanol–water partition coefficient (Wildman–Crippen LogP) is 4.39. The molecule has 1 aliphatic rings. The number of benzene rings is 2. The number of alkyl halides is 1. The van der Waals surface area contributed by atoms with Crippen LogP contribution in [0.2, 0.25) is 0 Å². The molecule has 4 heteroatoms. The van der Waals surface area contributed by atoms with Crippen LogP contribution in [0.3, 0.4) is 0 Å². The molecule has 0 bridgehead atoms. The topological polar surface area (TPSA) is 27.8 Å². The van der Waals surface area contributed by atoms with Gasteiger partial charge in [-0.1, -0.05) is 30.3 Å². The zero-order valence-corrected chi connectivity index (χ0v) is 12.7. The van der Waals surface area contributed by atoms with Gasteiger partial charge in [-0.05, 0) is 42.3 Å². The van der Waals surface area contributed by atoms with Gasteiger partial charge >= 0.3 is 0 Å². The minimum atomic E-state index is -0.886. The van der Waals surface area contributed by atoms with Crippen molar-refractivity contribution in [1.82, 2.24) is 10.3 Å². The van der Waals surface area contributed by atoms with Crippen molar-refractivity contribution in [3.8, 4) is 11.3 Å². The Kier molecular flexibility index (Phi) is 3.62. The first-order valence-electron chi connectivity index (χ1n) is 7.95. The maximum Gasteiger partial charge on any atom is 0.125 e. The largest absolute Gasteiger partial charge is 0.354 e. The number of halogens is 2. The van der Waals surface area contributed by atoms with E-state index in [4.69, 9.17) is 0 Å². The van der Waals surface area contributed by atoms with Crippen LogP contribution in [0.5, 0.6) is 0 Å². The van der Waals surface area contributed by atoms with E-state index in [-0.39, 0.29) is 11.7 Å². The van der Waals surface area contributed by atoms with E-state index in [0.717, 1.165) is 27.7 Å². The Morgan fingerprint density at radius 1 is 1.04 bits per heavy atom. The lowest BCUT2D eigenvalue weighted by atomic mass is 9.86. The zero-order chi connectivity index (χ0) is 15.8. The van der Waals surface area contributed by atoms with Crippen LogP contribution in [0, 0.1) is 5.82 Å². The van der Waals surface area contributed by atoms with E-state index in [1.54, 1.807) is 6.07 Å². The first-order valence-corrected chi connectivity index (χ1v) is 7.95. The van der Waals surface area contributed by atoms with E-state index in [1.807, 2.05) is 30.3 Å². The minimum absolute atomic E-state index is 0.224. The van der Waals surface area contributed by atoms with Gasteiger partial charge in [0.05, 0.1) is 5.69 Å². The Bertz CT molecular complexity index is 826. The summed E-state index contributed by atoms with van der Waals surface area (Å²) in [6.45, 7) is 1.31. The van der Waals surface area contributed by atoms with Gasteiger partial charge in [0.15, 0.2) is 0 Å². The van der Waals surface area contributed by atoms with E-state index in [1.165, 1.54) is 12.1 Å². The number of hydrogen-bond acceptors (Lipinski definition) is 1. The summed E-state index contributed by atoms with van der Waals surface area (Å²) in [6, 6.07) is 14.5. The second kappa shape index (κ2) is 5.78. The summed E-state index contributed by atoms with van der Waals surface area (Å²) in [5.41, 5.74) is 3.56. The molecule has 118 valence electrons. The number of aromatic nitrogens is 1. The lowest BCUT2D eigenvalue weighted by molar-refractivity contribution is 0.229. The highest BCUT2D eigenvalue weighted by atomic mass is 19.1. The van der Waals surface area contributed by atoms with Gasteiger partial charge in [-0.15, -0.1) is 0 Å². The summed E-state index contributed by atoms with van der Waals surface area (Å²) in [4.78, 5) is 3.30. The molecule has 1 aromatic heterocycles. The summed E-state index contributed by atoms with van der Waals surface area (Å²) < 4.78 is 28.2. The first-order chi connectivity index (χ1) is 11.2. The normalized spacial score (nSPS) is 21.7. The van der Waals surface area contributed by atoms with Crippen molar-refractivity contribution in [2.75, 3.05) is 13.1 Å². The summed E-state index contributed by atoms with van der Waals surface area (Å²) in [5.74, 6) is -0.512. The van der Waals surface area contributed by atoms with Crippen LogP contribution in [0.15, 0.2) is 48.5 Å². The molecule has 0 spiro atoms. The van der Waals surface area contributed by atoms with Crippen molar-refractivity contribution in [2.45, 2.75) is 18.5 Å². The molecule has 2 heterocycles. The van der Waals surface area contributed by atoms with Crippen molar-refractivity contribution in [1.29, 1.82) is 0 Å². The van der Waals surface area contributed by atoms with E-state index in [0.29, 0.717) is 19.5 Å². The van der Waals surface area contributed by atoms with Crippen LogP contribution >= 0.6 is 0 Å². The molecule has 1 fully saturated rings. The summed E-state index contributed by atoms with van der Waals surface area (Å²) >= 11 is 0. The standard InChI is InChI=1S/C19H18F2N2/c20-13-6-7-14-17(10-13)23-19(12-4-2-1-3-5-12)18(14)15-11-22-9-8-16(15)21/h1-7,10,15-16,22-23H,8-9,11H2. The molecular formula is C19H18F2N2. The Morgan fingerprint density at radius 2 is 1.87 bits per heavy atom. The lowest BCUT2D eigenvalue weighted by Gasteiger charge is -2.27. The van der Waals surface area contributed by atoms with Crippen molar-refractivity contribution in [2.24, 2.45) is 0 Å². The summed E-state index contributed by atoms with van der Waals surface area (Å²) in [5, 5.41) is 4.18. The average molecular weight is 312 g/mol. The van der Waals surface area contributed by atoms with E-state index in [2.05, 4.69) is 10.3 Å². The van der Waals surface area contributed by atoms with Gasteiger partial charge in [0, 0.05) is 23.4 Å². The first kappa shape index (κ1) is 14.4. The fourth-order valence-corrected chi connectivity index (χ4v) is 3.52. The molecule has 2 nitrogen and oxygen atoms in total. The third-order valence-electron chi connectivity index (χ3n) is 4.63. The molecule has 1 aliphatic heterocycles. The second-order valence-electron chi connectivity index (χ2n) is 6.08. The number of hydrogen-bond donors (Lipinski definition) is 2. The summed E-state index contributed by atoms with van der Waals surface area (Å²) in [6.07, 6.45) is -0.380. The van der Waals surface area contributed by atoms with Gasteiger partial charge in [0.1, 0.15) is 12.0 Å². The SMILES string of the molecule is Fc1ccc2c(C3CNCCC3F)c(-c3ccccc3)[nH]c2c1. The number of H-pyrrole nitrogens is 1. The Morgan fingerprint density at radius 3 is 2.65 bits per heavy atom. The molecule has 3 aromatic rings. The van der Waals surface area contributed by atoms with Gasteiger partial charge in [-0.25, -0.2) is 8.78 Å². The van der Waals surface area contributed by atoms with Gasteiger partial charge < -0.3 is 10.3 Å². The third-order valence-corrected chi connectivity index (χ3v) is 4.63. The Balaban J connectivity index is 1.95. The van der Waals surface area contributed by atoms with Gasteiger partial charge in [-0.2, -0.15) is 0 Å². The monoisotopic (exact) mass is 312 g/mol. The molecule has 2 unspecified atom stereocenters. The fourth-order valence-electron chi connectivity index (χ4n) is 3.52. The predicted molar refractivity (Wildman–Crippen MR) is 88.8 cm³/mol. The highest BCUT2D eigenvalue weighted by Gasteiger charge is 2.31. The van der Waals surface area contributed by atoms with Crippen molar-refractivity contribution in [3.63, 3.8) is 0 Å². The molecule has 4 rings (SSSR count). The number of fused-ring (bicyclic) bond motifs is 1. The van der Waals surface area contributed by atoms with E-state index in [9.17, 15) is 8.78 Å². The maximum absolute atomic E-state index is 14.6. The second-order valence-corrected chi connectivity index (χ2v) is 6.08. The number of nitrogens with one attached hydrogen (secondary N) is 2. The number of aromatic amines is 1. The molecule has 1 saturated heterocycles. The smallest absolute Gasteiger partial charge is 0.125 e. The molecule has 2 atom stereocenters. The maximum atomic E-state index is 14.6. The van der Waals surface area contributed by atoms with Crippen LogP contribution in [-0.2, 0) is 0 Å². The molecule has 23 heavy (non-hydrogen) atoms. The van der Waals surface area contributed by atoms with Crippen LogP contribution < -0.4 is 5.32 Å². The minimum Gasteiger partial charge on any atom is -0.354 e. The lowest BCUT2D eigenvalue weighted by Crippen LogP contribution is -2.36. The molecular weight excluding hydrogens is 294 g/mol. The Hall–Kier alpha value is -2.20. The van der Waals surface area contributed by atoms with Crippen molar-refractivity contribution in [3.05, 3.63) is 59.9 Å². The van der Waals surface area contributed by atoms with Crippen molar-refractivity contribution >= 4 is 10.9 Å². The van der Waals surface area contributed by atoms with Gasteiger partial charge in [0.25, 0.3) is 0 Å². The highest BCUT2D eigenvalue weighted by molar-refractivity contribution is 5.91. The quantitative estimate of drug-likeness (QED) is 0.721. The van der Waals surface area contributed by atoms with Gasteiger partial charge in [-0.3, -0.25) is 0 Å². The molecule has 0 saturated carbocycles. The van der Waals surface area contributed by atoms with Crippen LogP contribution in [0.1, 0.15) is 17.9 Å². The van der Waals surface area contributed by atoms with Gasteiger partial charge in [0.2, 0.25) is 0 Å². The third kappa shape index (κ3) is 2.53. The number of piperidine rings is 1.